The van der Waals surface area contributed by atoms with E-state index in [2.05, 4.69) is 37.9 Å². The van der Waals surface area contributed by atoms with Crippen LogP contribution in [0.3, 0.4) is 0 Å². The second-order valence-corrected chi connectivity index (χ2v) is 6.50. The van der Waals surface area contributed by atoms with Crippen LogP contribution in [-0.2, 0) is 0 Å². The number of nitrogens with one attached hydrogen (secondary N) is 1. The maximum absolute atomic E-state index is 9.63. The van der Waals surface area contributed by atoms with E-state index in [0.717, 1.165) is 19.4 Å². The van der Waals surface area contributed by atoms with Gasteiger partial charge in [-0.3, -0.25) is 0 Å². The fraction of sp³-hybridized carbons (Fsp3) is 1.00. The number of likely N-dealkylation sites (tertiary alicyclic amines) is 1. The third-order valence-corrected chi connectivity index (χ3v) is 5.09. The number of nitrogens with zero attached hydrogens (tertiary/aromatic N) is 1. The third-order valence-electron chi connectivity index (χ3n) is 5.09. The van der Waals surface area contributed by atoms with Crippen LogP contribution in [0.5, 0.6) is 0 Å². The molecule has 0 radical (unpaired) electrons. The van der Waals surface area contributed by atoms with E-state index in [1.54, 1.807) is 0 Å². The van der Waals surface area contributed by atoms with Gasteiger partial charge in [0.25, 0.3) is 0 Å². The van der Waals surface area contributed by atoms with Crippen LogP contribution in [0.25, 0.3) is 0 Å². The number of hydrogen-bond donors (Lipinski definition) is 2. The Morgan fingerprint density at radius 3 is 2.42 bits per heavy atom. The summed E-state index contributed by atoms with van der Waals surface area (Å²) < 4.78 is 0. The Hall–Kier alpha value is -0.120. The summed E-state index contributed by atoms with van der Waals surface area (Å²) in [5.74, 6) is 0. The molecule has 3 heteroatoms. The summed E-state index contributed by atoms with van der Waals surface area (Å²) in [6.07, 6.45) is 5.92. The Kier molecular flexibility index (Phi) is 7.33. The SMILES string of the molecule is CCC(CC)(CO)CNC1CCCN(C(C)C)CC1. The van der Waals surface area contributed by atoms with Crippen molar-refractivity contribution in [3.05, 3.63) is 0 Å². The van der Waals surface area contributed by atoms with Crippen LogP contribution in [0.4, 0.5) is 0 Å². The van der Waals surface area contributed by atoms with Crippen molar-refractivity contribution in [2.75, 3.05) is 26.2 Å². The molecule has 19 heavy (non-hydrogen) atoms. The van der Waals surface area contributed by atoms with Crippen LogP contribution in [0.15, 0.2) is 0 Å². The van der Waals surface area contributed by atoms with Crippen molar-refractivity contribution in [2.24, 2.45) is 5.41 Å². The molecule has 114 valence electrons. The summed E-state index contributed by atoms with van der Waals surface area (Å²) in [4.78, 5) is 2.58. The highest BCUT2D eigenvalue weighted by Gasteiger charge is 2.27. The summed E-state index contributed by atoms with van der Waals surface area (Å²) in [7, 11) is 0. The average Bonchev–Trinajstić information content (AvgIpc) is 2.67. The van der Waals surface area contributed by atoms with Gasteiger partial charge in [-0.1, -0.05) is 13.8 Å². The topological polar surface area (TPSA) is 35.5 Å². The van der Waals surface area contributed by atoms with E-state index in [9.17, 15) is 5.11 Å². The lowest BCUT2D eigenvalue weighted by Gasteiger charge is -2.32. The van der Waals surface area contributed by atoms with Crippen molar-refractivity contribution in [2.45, 2.75) is 71.9 Å². The van der Waals surface area contributed by atoms with Gasteiger partial charge in [-0.2, -0.15) is 0 Å². The van der Waals surface area contributed by atoms with E-state index < -0.39 is 0 Å². The van der Waals surface area contributed by atoms with Crippen molar-refractivity contribution in [3.8, 4) is 0 Å². The summed E-state index contributed by atoms with van der Waals surface area (Å²) in [6.45, 7) is 12.7. The molecule has 0 spiro atoms. The van der Waals surface area contributed by atoms with Crippen molar-refractivity contribution in [1.29, 1.82) is 0 Å². The Bertz CT molecular complexity index is 231. The number of hydrogen-bond acceptors (Lipinski definition) is 3. The minimum absolute atomic E-state index is 0.0873. The molecule has 1 aliphatic rings. The predicted molar refractivity (Wildman–Crippen MR) is 82.5 cm³/mol. The molecule has 0 aromatic carbocycles. The number of aliphatic hydroxyl groups is 1. The molecule has 1 fully saturated rings. The first kappa shape index (κ1) is 16.9. The molecule has 0 saturated carbocycles. The molecule has 0 aromatic heterocycles. The zero-order chi connectivity index (χ0) is 14.3. The third kappa shape index (κ3) is 5.05. The number of aliphatic hydroxyl groups excluding tert-OH is 1. The molecular formula is C16H34N2O. The van der Waals surface area contributed by atoms with Gasteiger partial charge in [0, 0.05) is 30.7 Å². The zero-order valence-electron chi connectivity index (χ0n) is 13.4. The van der Waals surface area contributed by atoms with Gasteiger partial charge in [-0.25, -0.2) is 0 Å². The first-order valence-corrected chi connectivity index (χ1v) is 8.15. The molecule has 0 amide bonds. The maximum Gasteiger partial charge on any atom is 0.0499 e. The van der Waals surface area contributed by atoms with E-state index in [0.29, 0.717) is 18.7 Å². The van der Waals surface area contributed by atoms with Gasteiger partial charge in [0.1, 0.15) is 0 Å². The smallest absolute Gasteiger partial charge is 0.0499 e. The lowest BCUT2D eigenvalue weighted by Crippen LogP contribution is -2.42. The Morgan fingerprint density at radius 1 is 1.21 bits per heavy atom. The van der Waals surface area contributed by atoms with Crippen molar-refractivity contribution < 1.29 is 5.11 Å². The van der Waals surface area contributed by atoms with Crippen molar-refractivity contribution in [3.63, 3.8) is 0 Å². The maximum atomic E-state index is 9.63. The van der Waals surface area contributed by atoms with Crippen LogP contribution in [0, 0.1) is 5.41 Å². The second kappa shape index (κ2) is 8.23. The van der Waals surface area contributed by atoms with Gasteiger partial charge in [-0.15, -0.1) is 0 Å². The molecule has 1 rings (SSSR count). The van der Waals surface area contributed by atoms with Gasteiger partial charge in [-0.05, 0) is 59.0 Å². The minimum Gasteiger partial charge on any atom is -0.396 e. The standard InChI is InChI=1S/C16H34N2O/c1-5-16(6-2,13-19)12-17-15-8-7-10-18(11-9-15)14(3)4/h14-15,17,19H,5-13H2,1-4H3. The highest BCUT2D eigenvalue weighted by atomic mass is 16.3. The highest BCUT2D eigenvalue weighted by Crippen LogP contribution is 2.25. The number of rotatable bonds is 7. The molecule has 0 aliphatic carbocycles. The van der Waals surface area contributed by atoms with E-state index in [1.165, 1.54) is 32.4 Å². The van der Waals surface area contributed by atoms with Crippen LogP contribution < -0.4 is 5.32 Å². The van der Waals surface area contributed by atoms with E-state index in [-0.39, 0.29) is 5.41 Å². The predicted octanol–water partition coefficient (Wildman–Crippen LogP) is 2.64. The fourth-order valence-electron chi connectivity index (χ4n) is 2.98. The molecule has 1 saturated heterocycles. The molecule has 1 atom stereocenters. The highest BCUT2D eigenvalue weighted by molar-refractivity contribution is 4.82. The fourth-order valence-corrected chi connectivity index (χ4v) is 2.98. The minimum atomic E-state index is 0.0873. The normalized spacial score (nSPS) is 22.7. The van der Waals surface area contributed by atoms with E-state index in [1.807, 2.05) is 0 Å². The summed E-state index contributed by atoms with van der Waals surface area (Å²) in [6, 6.07) is 1.30. The largest absolute Gasteiger partial charge is 0.396 e. The van der Waals surface area contributed by atoms with Gasteiger partial charge in [0.2, 0.25) is 0 Å². The molecule has 1 heterocycles. The van der Waals surface area contributed by atoms with Crippen LogP contribution >= 0.6 is 0 Å². The Morgan fingerprint density at radius 2 is 1.89 bits per heavy atom. The molecule has 1 unspecified atom stereocenters. The molecule has 1 aliphatic heterocycles. The monoisotopic (exact) mass is 270 g/mol. The lowest BCUT2D eigenvalue weighted by atomic mass is 9.83. The summed E-state index contributed by atoms with van der Waals surface area (Å²) in [5, 5.41) is 13.4. The molecular weight excluding hydrogens is 236 g/mol. The van der Waals surface area contributed by atoms with E-state index >= 15 is 0 Å². The zero-order valence-corrected chi connectivity index (χ0v) is 13.4. The lowest BCUT2D eigenvalue weighted by molar-refractivity contribution is 0.108. The molecule has 0 aromatic rings. The molecule has 0 bridgehead atoms. The van der Waals surface area contributed by atoms with Crippen LogP contribution in [0.2, 0.25) is 0 Å². The first-order chi connectivity index (χ1) is 9.06. The van der Waals surface area contributed by atoms with Crippen molar-refractivity contribution >= 4 is 0 Å². The van der Waals surface area contributed by atoms with E-state index in [4.69, 9.17) is 0 Å². The summed E-state index contributed by atoms with van der Waals surface area (Å²) >= 11 is 0. The van der Waals surface area contributed by atoms with Crippen LogP contribution in [-0.4, -0.2) is 48.3 Å². The Labute approximate surface area is 119 Å². The second-order valence-electron chi connectivity index (χ2n) is 6.50. The Balaban J connectivity index is 2.41. The quantitative estimate of drug-likeness (QED) is 0.746. The summed E-state index contributed by atoms with van der Waals surface area (Å²) in [5.41, 5.74) is 0.0873. The van der Waals surface area contributed by atoms with Crippen molar-refractivity contribution in [1.82, 2.24) is 10.2 Å². The first-order valence-electron chi connectivity index (χ1n) is 8.15. The van der Waals surface area contributed by atoms with Gasteiger partial charge >= 0.3 is 0 Å². The molecule has 2 N–H and O–H groups in total. The van der Waals surface area contributed by atoms with Gasteiger partial charge in [0.05, 0.1) is 0 Å². The average molecular weight is 270 g/mol. The van der Waals surface area contributed by atoms with Gasteiger partial charge < -0.3 is 15.3 Å². The van der Waals surface area contributed by atoms with Gasteiger partial charge in [0.15, 0.2) is 0 Å². The molecule has 3 nitrogen and oxygen atoms in total. The van der Waals surface area contributed by atoms with Crippen LogP contribution in [0.1, 0.15) is 59.8 Å².